The van der Waals surface area contributed by atoms with Crippen molar-refractivity contribution in [1.82, 2.24) is 29.9 Å². The van der Waals surface area contributed by atoms with E-state index in [0.29, 0.717) is 23.0 Å². The Labute approximate surface area is 193 Å². The molecule has 0 unspecified atom stereocenters. The predicted octanol–water partition coefficient (Wildman–Crippen LogP) is 3.66. The average molecular weight is 465 g/mol. The molecule has 174 valence electrons. The molecule has 1 saturated heterocycles. The molecular weight excluding hydrogens is 444 g/mol. The summed E-state index contributed by atoms with van der Waals surface area (Å²) in [4.78, 5) is 26.4. The predicted molar refractivity (Wildman–Crippen MR) is 120 cm³/mol. The topological polar surface area (TPSA) is 110 Å². The molecule has 5 rings (SSSR count). The normalized spacial score (nSPS) is 14.6. The minimum atomic E-state index is -1.54. The molecule has 0 radical (unpaired) electrons. The van der Waals surface area contributed by atoms with E-state index in [2.05, 4.69) is 37.1 Å². The molecule has 1 aliphatic rings. The Morgan fingerprint density at radius 3 is 2.47 bits per heavy atom. The van der Waals surface area contributed by atoms with Crippen LogP contribution in [0.5, 0.6) is 0 Å². The van der Waals surface area contributed by atoms with Crippen LogP contribution in [-0.4, -0.2) is 54.1 Å². The molecule has 0 atom stereocenters. The molecular formula is C23H21F2N7O2. The number of fused-ring (bicyclic) bond motifs is 1. The summed E-state index contributed by atoms with van der Waals surface area (Å²) in [7, 11) is 0. The van der Waals surface area contributed by atoms with Crippen LogP contribution in [-0.2, 0) is 6.42 Å². The van der Waals surface area contributed by atoms with E-state index < -0.39 is 23.2 Å². The van der Waals surface area contributed by atoms with E-state index in [0.717, 1.165) is 44.0 Å². The van der Waals surface area contributed by atoms with Crippen LogP contribution < -0.4 is 4.90 Å². The number of anilines is 1. The molecule has 0 spiro atoms. The number of benzene rings is 1. The zero-order valence-corrected chi connectivity index (χ0v) is 18.3. The van der Waals surface area contributed by atoms with E-state index in [1.165, 1.54) is 12.3 Å². The van der Waals surface area contributed by atoms with E-state index in [4.69, 9.17) is 5.11 Å². The Morgan fingerprint density at radius 2 is 1.79 bits per heavy atom. The summed E-state index contributed by atoms with van der Waals surface area (Å²) >= 11 is 0. The number of hydrogen-bond donors (Lipinski definition) is 1. The quantitative estimate of drug-likeness (QED) is 0.476. The summed E-state index contributed by atoms with van der Waals surface area (Å²) in [6.07, 6.45) is 7.77. The number of nitrogens with zero attached hydrogens (tertiary/aromatic N) is 7. The van der Waals surface area contributed by atoms with Gasteiger partial charge in [0.15, 0.2) is 0 Å². The van der Waals surface area contributed by atoms with Crippen LogP contribution in [0, 0.1) is 11.6 Å². The van der Waals surface area contributed by atoms with Gasteiger partial charge in [0.05, 0.1) is 23.5 Å². The number of aryl methyl sites for hydroxylation is 1. The fraction of sp³-hybridized carbons (Fsp3) is 0.304. The number of pyridine rings is 1. The van der Waals surface area contributed by atoms with Crippen LogP contribution in [0.25, 0.3) is 22.3 Å². The van der Waals surface area contributed by atoms with Crippen molar-refractivity contribution in [2.24, 2.45) is 0 Å². The van der Waals surface area contributed by atoms with Crippen molar-refractivity contribution in [3.63, 3.8) is 0 Å². The maximum atomic E-state index is 14.5. The molecule has 34 heavy (non-hydrogen) atoms. The van der Waals surface area contributed by atoms with Gasteiger partial charge < -0.3 is 10.0 Å². The lowest BCUT2D eigenvalue weighted by Crippen LogP contribution is -2.36. The van der Waals surface area contributed by atoms with Crippen LogP contribution in [0.15, 0.2) is 36.8 Å². The Morgan fingerprint density at radius 1 is 1.06 bits per heavy atom. The highest BCUT2D eigenvalue weighted by atomic mass is 19.1. The lowest BCUT2D eigenvalue weighted by atomic mass is 10.0. The summed E-state index contributed by atoms with van der Waals surface area (Å²) in [6.45, 7) is 3.60. The number of aromatic nitrogens is 6. The zero-order chi connectivity index (χ0) is 23.8. The first-order valence-corrected chi connectivity index (χ1v) is 10.9. The highest BCUT2D eigenvalue weighted by Crippen LogP contribution is 2.29. The molecule has 3 aromatic heterocycles. The molecule has 0 bridgehead atoms. The fourth-order valence-electron chi connectivity index (χ4n) is 4.17. The molecule has 4 aromatic rings. The van der Waals surface area contributed by atoms with Gasteiger partial charge in [-0.15, -0.1) is 5.10 Å². The number of carboxylic acid groups (broad SMARTS) is 1. The van der Waals surface area contributed by atoms with Crippen LogP contribution in [0.1, 0.15) is 41.7 Å². The van der Waals surface area contributed by atoms with Gasteiger partial charge in [0.1, 0.15) is 22.7 Å². The minimum Gasteiger partial charge on any atom is -0.478 e. The summed E-state index contributed by atoms with van der Waals surface area (Å²) in [6, 6.07) is 3.12. The highest BCUT2D eigenvalue weighted by molar-refractivity contribution is 5.89. The molecule has 4 heterocycles. The third kappa shape index (κ3) is 3.93. The van der Waals surface area contributed by atoms with Gasteiger partial charge in [-0.2, -0.15) is 0 Å². The number of hydrogen-bond acceptors (Lipinski definition) is 7. The molecule has 0 aliphatic carbocycles. The fourth-order valence-corrected chi connectivity index (χ4v) is 4.17. The first-order chi connectivity index (χ1) is 16.4. The van der Waals surface area contributed by atoms with Gasteiger partial charge in [-0.1, -0.05) is 12.1 Å². The second kappa shape index (κ2) is 8.73. The number of carbonyl (C=O) groups is 1. The summed E-state index contributed by atoms with van der Waals surface area (Å²) in [5.74, 6) is -2.73. The van der Waals surface area contributed by atoms with Crippen LogP contribution in [0.2, 0.25) is 0 Å². The highest BCUT2D eigenvalue weighted by Gasteiger charge is 2.25. The molecule has 1 aliphatic heterocycles. The van der Waals surface area contributed by atoms with E-state index in [1.807, 2.05) is 17.1 Å². The first-order valence-electron chi connectivity index (χ1n) is 10.9. The lowest BCUT2D eigenvalue weighted by molar-refractivity contribution is 0.0691. The molecule has 1 N–H and O–H groups in total. The summed E-state index contributed by atoms with van der Waals surface area (Å²) in [5.41, 5.74) is 1.56. The van der Waals surface area contributed by atoms with Gasteiger partial charge in [0.25, 0.3) is 0 Å². The number of aromatic carboxylic acids is 1. The van der Waals surface area contributed by atoms with Crippen LogP contribution in [0.4, 0.5) is 14.7 Å². The molecule has 0 saturated carbocycles. The average Bonchev–Trinajstić information content (AvgIpc) is 3.28. The molecule has 1 aromatic carbocycles. The van der Waals surface area contributed by atoms with E-state index in [-0.39, 0.29) is 17.3 Å². The second-order valence-electron chi connectivity index (χ2n) is 8.17. The van der Waals surface area contributed by atoms with Crippen molar-refractivity contribution in [3.8, 4) is 11.3 Å². The largest absolute Gasteiger partial charge is 0.478 e. The van der Waals surface area contributed by atoms with E-state index in [9.17, 15) is 13.6 Å². The van der Waals surface area contributed by atoms with Crippen LogP contribution >= 0.6 is 0 Å². The van der Waals surface area contributed by atoms with Gasteiger partial charge in [-0.3, -0.25) is 4.98 Å². The molecule has 9 nitrogen and oxygen atoms in total. The summed E-state index contributed by atoms with van der Waals surface area (Å²) in [5, 5.41) is 17.5. The van der Waals surface area contributed by atoms with E-state index >= 15 is 0 Å². The standard InChI is InChI=1S/C23H21F2N7O2/c1-2-13-10-27-23(28-11-13)31-5-3-14(4-6-31)32-21-12-26-19(9-20(21)29-30-32)15-7-18(25)16(22(33)34)8-17(15)24/h7-12,14H,2-6H2,1H3,(H,33,34). The molecule has 1 fully saturated rings. The Bertz CT molecular complexity index is 1370. The lowest BCUT2D eigenvalue weighted by Gasteiger charge is -2.32. The Hall–Kier alpha value is -4.02. The van der Waals surface area contributed by atoms with Crippen molar-refractivity contribution in [3.05, 3.63) is 59.6 Å². The van der Waals surface area contributed by atoms with E-state index in [1.54, 1.807) is 0 Å². The van der Waals surface area contributed by atoms with Gasteiger partial charge in [-0.25, -0.2) is 28.2 Å². The first kappa shape index (κ1) is 21.8. The van der Waals surface area contributed by atoms with Crippen molar-refractivity contribution < 1.29 is 18.7 Å². The smallest absolute Gasteiger partial charge is 0.338 e. The van der Waals surface area contributed by atoms with Gasteiger partial charge >= 0.3 is 5.97 Å². The second-order valence-corrected chi connectivity index (χ2v) is 8.17. The molecule has 11 heteroatoms. The number of rotatable bonds is 5. The Kier molecular flexibility index (Phi) is 5.60. The third-order valence-corrected chi connectivity index (χ3v) is 6.11. The van der Waals surface area contributed by atoms with Gasteiger partial charge in [-0.05, 0) is 43.0 Å². The number of piperidine rings is 1. The summed E-state index contributed by atoms with van der Waals surface area (Å²) < 4.78 is 30.4. The van der Waals surface area contributed by atoms with Gasteiger partial charge in [0.2, 0.25) is 5.95 Å². The monoisotopic (exact) mass is 465 g/mol. The van der Waals surface area contributed by atoms with Crippen molar-refractivity contribution in [2.45, 2.75) is 32.2 Å². The maximum absolute atomic E-state index is 14.5. The minimum absolute atomic E-state index is 0.104. The SMILES string of the molecule is CCc1cnc(N2CCC(n3nnc4cc(-c5cc(F)c(C(=O)O)cc5F)ncc43)CC2)nc1. The zero-order valence-electron chi connectivity index (χ0n) is 18.3. The maximum Gasteiger partial charge on any atom is 0.338 e. The van der Waals surface area contributed by atoms with Crippen molar-refractivity contribution in [2.75, 3.05) is 18.0 Å². The van der Waals surface area contributed by atoms with Crippen LogP contribution in [0.3, 0.4) is 0 Å². The third-order valence-electron chi connectivity index (χ3n) is 6.11. The van der Waals surface area contributed by atoms with Crippen molar-refractivity contribution >= 4 is 23.0 Å². The number of carboxylic acids is 1. The van der Waals surface area contributed by atoms with Crippen molar-refractivity contribution in [1.29, 1.82) is 0 Å². The Balaban J connectivity index is 1.35. The molecule has 0 amide bonds. The number of halogens is 2. The van der Waals surface area contributed by atoms with Gasteiger partial charge in [0, 0.05) is 31.0 Å².